The smallest absolute Gasteiger partial charge is 0.218 e. The molecule has 3 nitrogen and oxygen atoms in total. The summed E-state index contributed by atoms with van der Waals surface area (Å²) in [5.41, 5.74) is -0.0873. The summed E-state index contributed by atoms with van der Waals surface area (Å²) in [6.45, 7) is 1.87. The lowest BCUT2D eigenvalue weighted by Gasteiger charge is -2.09. The minimum Gasteiger partial charge on any atom is -0.218 e. The lowest BCUT2D eigenvalue weighted by Crippen LogP contribution is -2.04. The number of rotatable bonds is 1. The molecule has 0 radical (unpaired) electrons. The van der Waals surface area contributed by atoms with Crippen LogP contribution in [-0.4, -0.2) is 9.97 Å². The molecule has 0 saturated carbocycles. The van der Waals surface area contributed by atoms with Crippen LogP contribution in [0.1, 0.15) is 16.3 Å². The van der Waals surface area contributed by atoms with Gasteiger partial charge in [0.1, 0.15) is 10.9 Å². The van der Waals surface area contributed by atoms with Crippen molar-refractivity contribution in [2.45, 2.75) is 13.1 Å². The van der Waals surface area contributed by atoms with Crippen molar-refractivity contribution in [1.29, 1.82) is 5.26 Å². The molecule has 22 heavy (non-hydrogen) atoms. The van der Waals surface area contributed by atoms with Gasteiger partial charge in [-0.1, -0.05) is 12.1 Å². The number of thiophene rings is 1. The van der Waals surface area contributed by atoms with Crippen LogP contribution in [0, 0.1) is 18.3 Å². The highest BCUT2D eigenvalue weighted by Gasteiger charge is 2.30. The second kappa shape index (κ2) is 5.07. The fraction of sp³-hybridized carbons (Fsp3) is 0.133. The highest BCUT2D eigenvalue weighted by Crippen LogP contribution is 2.35. The van der Waals surface area contributed by atoms with Crippen LogP contribution in [-0.2, 0) is 6.18 Å². The van der Waals surface area contributed by atoms with E-state index in [0.29, 0.717) is 21.5 Å². The lowest BCUT2D eigenvalue weighted by molar-refractivity contribution is -0.137. The number of hydrogen-bond donors (Lipinski definition) is 0. The Bertz CT molecular complexity index is 907. The Labute approximate surface area is 127 Å². The molecule has 0 N–H and O–H groups in total. The fourth-order valence-electron chi connectivity index (χ4n) is 2.15. The molecule has 7 heteroatoms. The summed E-state index contributed by atoms with van der Waals surface area (Å²) in [5.74, 6) is -0.0539. The van der Waals surface area contributed by atoms with E-state index in [0.717, 1.165) is 17.0 Å². The van der Waals surface area contributed by atoms with Crippen LogP contribution in [0.25, 0.3) is 21.5 Å². The molecule has 0 aliphatic rings. The first kappa shape index (κ1) is 14.5. The monoisotopic (exact) mass is 319 g/mol. The van der Waals surface area contributed by atoms with Gasteiger partial charge in [-0.3, -0.25) is 0 Å². The van der Waals surface area contributed by atoms with Crippen LogP contribution < -0.4 is 0 Å². The Kier molecular flexibility index (Phi) is 3.34. The predicted molar refractivity (Wildman–Crippen MR) is 77.3 cm³/mol. The molecule has 0 amide bonds. The number of aryl methyl sites for hydroxylation is 1. The van der Waals surface area contributed by atoms with E-state index >= 15 is 0 Å². The van der Waals surface area contributed by atoms with Crippen molar-refractivity contribution < 1.29 is 13.2 Å². The number of alkyl halides is 3. The van der Waals surface area contributed by atoms with Crippen molar-refractivity contribution in [1.82, 2.24) is 9.97 Å². The maximum Gasteiger partial charge on any atom is 0.416 e. The van der Waals surface area contributed by atoms with Gasteiger partial charge in [0.25, 0.3) is 0 Å². The Morgan fingerprint density at radius 1 is 1.18 bits per heavy atom. The van der Waals surface area contributed by atoms with Crippen molar-refractivity contribution in [2.24, 2.45) is 0 Å². The molecule has 2 aromatic heterocycles. The number of hydrogen-bond acceptors (Lipinski definition) is 4. The molecule has 0 fully saturated rings. The Balaban J connectivity index is 2.28. The summed E-state index contributed by atoms with van der Waals surface area (Å²) in [4.78, 5) is 9.73. The van der Waals surface area contributed by atoms with Gasteiger partial charge in [-0.25, -0.2) is 9.97 Å². The fourth-order valence-corrected chi connectivity index (χ4v) is 3.03. The van der Waals surface area contributed by atoms with E-state index in [9.17, 15) is 13.2 Å². The van der Waals surface area contributed by atoms with Gasteiger partial charge < -0.3 is 0 Å². The molecule has 3 rings (SSSR count). The number of halogens is 3. The van der Waals surface area contributed by atoms with Crippen molar-refractivity contribution in [3.63, 3.8) is 0 Å². The molecule has 0 atom stereocenters. The van der Waals surface area contributed by atoms with Crippen LogP contribution in [0.5, 0.6) is 0 Å². The second-order valence-corrected chi connectivity index (χ2v) is 5.90. The third-order valence-corrected chi connectivity index (χ3v) is 4.02. The average molecular weight is 319 g/mol. The van der Waals surface area contributed by atoms with Gasteiger partial charge in [-0.05, 0) is 25.1 Å². The van der Waals surface area contributed by atoms with Crippen LogP contribution in [0.4, 0.5) is 13.2 Å². The Morgan fingerprint density at radius 2 is 1.95 bits per heavy atom. The molecular weight excluding hydrogens is 311 g/mol. The maximum atomic E-state index is 12.9. The molecule has 2 heterocycles. The van der Waals surface area contributed by atoms with Crippen molar-refractivity contribution >= 4 is 21.6 Å². The standard InChI is InChI=1S/C15H8F3N3S/c1-8-5-11-13(20-12(7-19)21-14(11)22-8)9-3-2-4-10(6-9)15(16,17)18/h2-6H,1H3. The molecule has 0 saturated heterocycles. The van der Waals surface area contributed by atoms with E-state index in [2.05, 4.69) is 9.97 Å². The normalized spacial score (nSPS) is 11.6. The molecule has 0 unspecified atom stereocenters. The molecule has 110 valence electrons. The van der Waals surface area contributed by atoms with Crippen LogP contribution in [0.3, 0.4) is 0 Å². The summed E-state index contributed by atoms with van der Waals surface area (Å²) < 4.78 is 38.6. The van der Waals surface area contributed by atoms with Crippen molar-refractivity contribution in [3.05, 3.63) is 46.6 Å². The number of fused-ring (bicyclic) bond motifs is 1. The zero-order valence-electron chi connectivity index (χ0n) is 11.3. The molecule has 0 aliphatic carbocycles. The summed E-state index contributed by atoms with van der Waals surface area (Å²) in [6, 6.07) is 8.58. The van der Waals surface area contributed by atoms with Gasteiger partial charge in [-0.2, -0.15) is 18.4 Å². The van der Waals surface area contributed by atoms with Gasteiger partial charge in [0.2, 0.25) is 5.82 Å². The van der Waals surface area contributed by atoms with Crippen LogP contribution in [0.15, 0.2) is 30.3 Å². The molecule has 3 aromatic rings. The first-order valence-electron chi connectivity index (χ1n) is 6.24. The Morgan fingerprint density at radius 3 is 2.64 bits per heavy atom. The molecule has 1 aromatic carbocycles. The molecule has 0 bridgehead atoms. The highest BCUT2D eigenvalue weighted by molar-refractivity contribution is 7.18. The quantitative estimate of drug-likeness (QED) is 0.661. The van der Waals surface area contributed by atoms with E-state index in [4.69, 9.17) is 5.26 Å². The van der Waals surface area contributed by atoms with Gasteiger partial charge >= 0.3 is 6.18 Å². The zero-order valence-corrected chi connectivity index (χ0v) is 12.1. The largest absolute Gasteiger partial charge is 0.416 e. The number of benzene rings is 1. The third kappa shape index (κ3) is 2.53. The summed E-state index contributed by atoms with van der Waals surface area (Å²) >= 11 is 1.38. The lowest BCUT2D eigenvalue weighted by atomic mass is 10.1. The van der Waals surface area contributed by atoms with E-state index in [-0.39, 0.29) is 5.82 Å². The highest BCUT2D eigenvalue weighted by atomic mass is 32.1. The van der Waals surface area contributed by atoms with Gasteiger partial charge in [-0.15, -0.1) is 11.3 Å². The topological polar surface area (TPSA) is 49.6 Å². The maximum absolute atomic E-state index is 12.9. The van der Waals surface area contributed by atoms with Crippen molar-refractivity contribution in [2.75, 3.05) is 0 Å². The van der Waals surface area contributed by atoms with Gasteiger partial charge in [0.15, 0.2) is 0 Å². The minimum atomic E-state index is -4.43. The van der Waals surface area contributed by atoms with E-state index < -0.39 is 11.7 Å². The zero-order chi connectivity index (χ0) is 15.9. The van der Waals surface area contributed by atoms with Crippen molar-refractivity contribution in [3.8, 4) is 17.3 Å². The Hall–Kier alpha value is -2.46. The van der Waals surface area contributed by atoms with E-state index in [1.807, 2.05) is 19.1 Å². The predicted octanol–water partition coefficient (Wildman–Crippen LogP) is 4.56. The van der Waals surface area contributed by atoms with Gasteiger partial charge in [0, 0.05) is 15.8 Å². The summed E-state index contributed by atoms with van der Waals surface area (Å²) in [5, 5.41) is 9.66. The van der Waals surface area contributed by atoms with Gasteiger partial charge in [0.05, 0.1) is 11.3 Å². The molecule has 0 spiro atoms. The summed E-state index contributed by atoms with van der Waals surface area (Å²) in [6.07, 6.45) is -4.43. The molecule has 0 aliphatic heterocycles. The van der Waals surface area contributed by atoms with Crippen LogP contribution in [0.2, 0.25) is 0 Å². The number of aromatic nitrogens is 2. The van der Waals surface area contributed by atoms with E-state index in [1.165, 1.54) is 17.4 Å². The first-order valence-corrected chi connectivity index (χ1v) is 7.06. The SMILES string of the molecule is Cc1cc2c(-c3cccc(C(F)(F)F)c3)nc(C#N)nc2s1. The first-order chi connectivity index (χ1) is 10.4. The molecular formula is C15H8F3N3S. The minimum absolute atomic E-state index is 0.0539. The third-order valence-electron chi connectivity index (χ3n) is 3.08. The van der Waals surface area contributed by atoms with E-state index in [1.54, 1.807) is 6.07 Å². The average Bonchev–Trinajstić information content (AvgIpc) is 2.85. The number of nitrogens with zero attached hydrogens (tertiary/aromatic N) is 3. The summed E-state index contributed by atoms with van der Waals surface area (Å²) in [7, 11) is 0. The second-order valence-electron chi connectivity index (χ2n) is 4.66. The van der Waals surface area contributed by atoms with Crippen LogP contribution >= 0.6 is 11.3 Å². The number of nitriles is 1.